The second-order valence-corrected chi connectivity index (χ2v) is 8.66. The van der Waals surface area contributed by atoms with E-state index in [0.717, 1.165) is 39.8 Å². The number of hydrogen-bond donors (Lipinski definition) is 0. The summed E-state index contributed by atoms with van der Waals surface area (Å²) in [6.07, 6.45) is 5.44. The fourth-order valence-electron chi connectivity index (χ4n) is 4.39. The van der Waals surface area contributed by atoms with Crippen LogP contribution in [0.5, 0.6) is 11.5 Å². The van der Waals surface area contributed by atoms with Crippen LogP contribution in [0.25, 0.3) is 17.0 Å². The number of rotatable bonds is 10. The van der Waals surface area contributed by atoms with Crippen molar-refractivity contribution >= 4 is 28.7 Å². The van der Waals surface area contributed by atoms with Gasteiger partial charge >= 0.3 is 5.97 Å². The number of benzene rings is 2. The summed E-state index contributed by atoms with van der Waals surface area (Å²) in [6, 6.07) is 17.3. The van der Waals surface area contributed by atoms with Crippen molar-refractivity contribution < 1.29 is 23.8 Å². The van der Waals surface area contributed by atoms with Crippen LogP contribution in [0.15, 0.2) is 66.9 Å². The molecular weight excluding hydrogens is 468 g/mol. The highest BCUT2D eigenvalue weighted by molar-refractivity contribution is 6.00. The predicted octanol–water partition coefficient (Wildman–Crippen LogP) is 5.35. The molecule has 7 heteroatoms. The number of pyridine rings is 1. The summed E-state index contributed by atoms with van der Waals surface area (Å²) in [4.78, 5) is 29.5. The third-order valence-electron chi connectivity index (χ3n) is 6.35. The van der Waals surface area contributed by atoms with Crippen molar-refractivity contribution in [2.75, 3.05) is 20.8 Å². The summed E-state index contributed by atoms with van der Waals surface area (Å²) in [5, 5.41) is 0.981. The number of esters is 1. The van der Waals surface area contributed by atoms with E-state index in [-0.39, 0.29) is 12.4 Å². The van der Waals surface area contributed by atoms with Crippen molar-refractivity contribution in [3.05, 3.63) is 94.9 Å². The van der Waals surface area contributed by atoms with Crippen LogP contribution in [-0.2, 0) is 22.5 Å². The second-order valence-electron chi connectivity index (χ2n) is 8.66. The summed E-state index contributed by atoms with van der Waals surface area (Å²) in [6.45, 7) is 4.24. The molecule has 0 spiro atoms. The number of aromatic nitrogens is 2. The monoisotopic (exact) mass is 498 g/mol. The number of para-hydroxylation sites is 1. The Morgan fingerprint density at radius 1 is 0.973 bits per heavy atom. The Balaban J connectivity index is 1.37. The van der Waals surface area contributed by atoms with E-state index in [9.17, 15) is 9.59 Å². The van der Waals surface area contributed by atoms with Gasteiger partial charge in [0.15, 0.2) is 18.1 Å². The lowest BCUT2D eigenvalue weighted by Crippen LogP contribution is -2.14. The number of carbonyl (C=O) groups is 2. The molecule has 0 saturated heterocycles. The highest BCUT2D eigenvalue weighted by Gasteiger charge is 2.17. The van der Waals surface area contributed by atoms with Crippen LogP contribution >= 0.6 is 0 Å². The maximum absolute atomic E-state index is 12.9. The number of carbonyl (C=O) groups excluding carboxylic acids is 2. The Hall–Kier alpha value is -4.39. The van der Waals surface area contributed by atoms with Gasteiger partial charge in [-0.25, -0.2) is 4.79 Å². The van der Waals surface area contributed by atoms with E-state index >= 15 is 0 Å². The van der Waals surface area contributed by atoms with Crippen LogP contribution in [0.4, 0.5) is 0 Å². The average molecular weight is 499 g/mol. The number of hydrogen-bond acceptors (Lipinski definition) is 6. The van der Waals surface area contributed by atoms with E-state index in [1.165, 1.54) is 6.08 Å². The Morgan fingerprint density at radius 2 is 1.76 bits per heavy atom. The van der Waals surface area contributed by atoms with E-state index in [1.54, 1.807) is 26.5 Å². The minimum atomic E-state index is -0.580. The Bertz CT molecular complexity index is 1460. The zero-order chi connectivity index (χ0) is 26.4. The van der Waals surface area contributed by atoms with E-state index in [4.69, 9.17) is 14.2 Å². The van der Waals surface area contributed by atoms with Gasteiger partial charge in [0.05, 0.1) is 19.7 Å². The van der Waals surface area contributed by atoms with E-state index in [2.05, 4.69) is 9.55 Å². The normalized spacial score (nSPS) is 11.1. The summed E-state index contributed by atoms with van der Waals surface area (Å²) in [5.41, 5.74) is 5.07. The van der Waals surface area contributed by atoms with Crippen molar-refractivity contribution in [1.82, 2.24) is 9.55 Å². The topological polar surface area (TPSA) is 79.7 Å². The van der Waals surface area contributed by atoms with Gasteiger partial charge in [0, 0.05) is 46.7 Å². The van der Waals surface area contributed by atoms with Crippen molar-refractivity contribution in [3.63, 3.8) is 0 Å². The fraction of sp³-hybridized carbons (Fsp3) is 0.233. The van der Waals surface area contributed by atoms with Crippen molar-refractivity contribution in [3.8, 4) is 11.5 Å². The average Bonchev–Trinajstić information content (AvgIpc) is 3.21. The van der Waals surface area contributed by atoms with Crippen LogP contribution in [-0.4, -0.2) is 42.1 Å². The summed E-state index contributed by atoms with van der Waals surface area (Å²) < 4.78 is 18.0. The molecule has 0 radical (unpaired) electrons. The SMILES string of the molecule is COc1ccc(CCn2c(C)cc(C(=O)COC(=O)/C=C/c3cccc4cccnc34)c2C)cc1OC. The van der Waals surface area contributed by atoms with Crippen molar-refractivity contribution in [1.29, 1.82) is 0 Å². The van der Waals surface area contributed by atoms with Crippen LogP contribution in [0, 0.1) is 13.8 Å². The number of fused-ring (bicyclic) bond motifs is 1. The van der Waals surface area contributed by atoms with Crippen LogP contribution in [0.1, 0.15) is 32.9 Å². The standard InChI is InChI=1S/C30H30N2O5/c1-20-17-25(21(2)32(20)16-14-22-10-12-27(35-3)28(18-22)36-4)26(33)19-37-29(34)13-11-24-8-5-7-23-9-6-15-31-30(23)24/h5-13,15,17-18H,14,16,19H2,1-4H3/b13-11+. The first-order chi connectivity index (χ1) is 17.9. The van der Waals surface area contributed by atoms with Gasteiger partial charge in [-0.2, -0.15) is 0 Å². The van der Waals surface area contributed by atoms with Gasteiger partial charge in [0.2, 0.25) is 5.78 Å². The lowest BCUT2D eigenvalue weighted by atomic mass is 10.1. The van der Waals surface area contributed by atoms with Gasteiger partial charge in [-0.05, 0) is 56.2 Å². The summed E-state index contributed by atoms with van der Waals surface area (Å²) in [5.74, 6) is 0.553. The van der Waals surface area contributed by atoms with Gasteiger partial charge in [0.1, 0.15) is 0 Å². The molecule has 2 aromatic heterocycles. The van der Waals surface area contributed by atoms with E-state index in [0.29, 0.717) is 23.6 Å². The Morgan fingerprint density at radius 3 is 2.54 bits per heavy atom. The van der Waals surface area contributed by atoms with Gasteiger partial charge in [-0.15, -0.1) is 0 Å². The van der Waals surface area contributed by atoms with E-state index < -0.39 is 5.97 Å². The molecule has 0 aliphatic rings. The van der Waals surface area contributed by atoms with Crippen LogP contribution in [0.3, 0.4) is 0 Å². The summed E-state index contributed by atoms with van der Waals surface area (Å²) >= 11 is 0. The number of ketones is 1. The number of nitrogens with zero attached hydrogens (tertiary/aromatic N) is 2. The minimum Gasteiger partial charge on any atom is -0.493 e. The Labute approximate surface area is 216 Å². The molecule has 0 unspecified atom stereocenters. The predicted molar refractivity (Wildman–Crippen MR) is 143 cm³/mol. The van der Waals surface area contributed by atoms with Gasteiger partial charge in [0.25, 0.3) is 0 Å². The lowest BCUT2D eigenvalue weighted by Gasteiger charge is -2.12. The minimum absolute atomic E-state index is 0.237. The van der Waals surface area contributed by atoms with Gasteiger partial charge in [-0.3, -0.25) is 9.78 Å². The van der Waals surface area contributed by atoms with Gasteiger partial charge in [-0.1, -0.05) is 30.3 Å². The molecule has 37 heavy (non-hydrogen) atoms. The molecule has 0 aliphatic heterocycles. The number of aryl methyl sites for hydroxylation is 2. The third-order valence-corrected chi connectivity index (χ3v) is 6.35. The molecule has 0 amide bonds. The first-order valence-electron chi connectivity index (χ1n) is 12.0. The third kappa shape index (κ3) is 5.89. The summed E-state index contributed by atoms with van der Waals surface area (Å²) in [7, 11) is 3.22. The zero-order valence-corrected chi connectivity index (χ0v) is 21.5. The quantitative estimate of drug-likeness (QED) is 0.167. The van der Waals surface area contributed by atoms with Crippen LogP contribution < -0.4 is 9.47 Å². The largest absolute Gasteiger partial charge is 0.493 e. The molecule has 0 saturated carbocycles. The first kappa shape index (κ1) is 25.7. The van der Waals surface area contributed by atoms with E-state index in [1.807, 2.05) is 68.4 Å². The highest BCUT2D eigenvalue weighted by Crippen LogP contribution is 2.28. The molecule has 2 heterocycles. The lowest BCUT2D eigenvalue weighted by molar-refractivity contribution is -0.136. The molecule has 7 nitrogen and oxygen atoms in total. The fourth-order valence-corrected chi connectivity index (χ4v) is 4.39. The molecule has 0 bridgehead atoms. The van der Waals surface area contributed by atoms with Crippen LogP contribution in [0.2, 0.25) is 0 Å². The maximum Gasteiger partial charge on any atom is 0.331 e. The first-order valence-corrected chi connectivity index (χ1v) is 12.0. The number of methoxy groups -OCH3 is 2. The highest BCUT2D eigenvalue weighted by atomic mass is 16.5. The molecule has 190 valence electrons. The number of Topliss-reactive ketones (excluding diaryl/α,β-unsaturated/α-hetero) is 1. The maximum atomic E-state index is 12.9. The van der Waals surface area contributed by atoms with Crippen molar-refractivity contribution in [2.45, 2.75) is 26.8 Å². The Kier molecular flexibility index (Phi) is 8.03. The molecule has 0 N–H and O–H groups in total. The molecule has 4 aromatic rings. The smallest absolute Gasteiger partial charge is 0.331 e. The van der Waals surface area contributed by atoms with Gasteiger partial charge < -0.3 is 18.8 Å². The molecule has 0 atom stereocenters. The molecule has 4 rings (SSSR count). The second kappa shape index (κ2) is 11.6. The molecular formula is C30H30N2O5. The number of ether oxygens (including phenoxy) is 3. The molecule has 0 fully saturated rings. The molecule has 2 aromatic carbocycles. The zero-order valence-electron chi connectivity index (χ0n) is 21.5. The molecule has 0 aliphatic carbocycles. The van der Waals surface area contributed by atoms with Crippen molar-refractivity contribution in [2.24, 2.45) is 0 Å².